The normalized spacial score (nSPS) is 25.7. The number of halogens is 2. The first-order chi connectivity index (χ1) is 24.5. The van der Waals surface area contributed by atoms with Crippen molar-refractivity contribution < 1.29 is 19.5 Å². The van der Waals surface area contributed by atoms with Crippen LogP contribution < -0.4 is 9.80 Å². The number of allylic oxidation sites excluding steroid dienone is 7. The Bertz CT molecular complexity index is 1610. The van der Waals surface area contributed by atoms with Crippen molar-refractivity contribution in [1.82, 2.24) is 0 Å². The van der Waals surface area contributed by atoms with E-state index in [-0.39, 0.29) is 37.4 Å². The van der Waals surface area contributed by atoms with Crippen LogP contribution in [0.5, 0.6) is 0 Å². The van der Waals surface area contributed by atoms with Crippen molar-refractivity contribution in [1.29, 1.82) is 0 Å². The van der Waals surface area contributed by atoms with Crippen LogP contribution in [0.2, 0.25) is 0 Å². The monoisotopic (exact) mass is 844 g/mol. The molecule has 2 aromatic carbocycles. The van der Waals surface area contributed by atoms with E-state index in [9.17, 15) is 0 Å². The predicted octanol–water partition coefficient (Wildman–Crippen LogP) is 13.8. The van der Waals surface area contributed by atoms with Gasteiger partial charge in [-0.1, -0.05) is 106 Å². The van der Waals surface area contributed by atoms with Gasteiger partial charge in [0.05, 0.1) is 9.99 Å². The van der Waals surface area contributed by atoms with Crippen LogP contribution in [0.15, 0.2) is 71.1 Å². The molecule has 2 unspecified atom stereocenters. The third-order valence-corrected chi connectivity index (χ3v) is 17.9. The quantitative estimate of drug-likeness (QED) is 0.162. The van der Waals surface area contributed by atoms with E-state index in [2.05, 4.69) is 99.9 Å². The Balaban J connectivity index is 0.00000464. The van der Waals surface area contributed by atoms with Crippen LogP contribution in [-0.4, -0.2) is 34.4 Å². The molecular weight excluding hydrogens is 783 g/mol. The molecule has 0 bridgehead atoms. The van der Waals surface area contributed by atoms with Crippen LogP contribution in [-0.2, 0) is 19.5 Å². The zero-order valence-corrected chi connectivity index (χ0v) is 36.8. The maximum absolute atomic E-state index is 8.26. The van der Waals surface area contributed by atoms with Crippen LogP contribution in [0.3, 0.4) is 0 Å². The van der Waals surface area contributed by atoms with Gasteiger partial charge in [-0.2, -0.15) is 0 Å². The van der Waals surface area contributed by atoms with Crippen molar-refractivity contribution in [3.63, 3.8) is 0 Å². The van der Waals surface area contributed by atoms with Gasteiger partial charge in [0.15, 0.2) is 0 Å². The van der Waals surface area contributed by atoms with Gasteiger partial charge in [0, 0.05) is 50.4 Å². The van der Waals surface area contributed by atoms with Gasteiger partial charge in [0.1, 0.15) is 5.82 Å². The fourth-order valence-electron chi connectivity index (χ4n) is 10.7. The second-order valence-electron chi connectivity index (χ2n) is 16.6. The molecular formula is C46H61Cl2N2PRu. The molecule has 0 amide bonds. The Morgan fingerprint density at radius 3 is 1.65 bits per heavy atom. The van der Waals surface area contributed by atoms with E-state index < -0.39 is 0 Å². The number of anilines is 2. The largest absolute Gasteiger partial charge is 0.325 e. The van der Waals surface area contributed by atoms with Crippen LogP contribution in [0.25, 0.3) is 0 Å². The SMILES string of the molecule is Cc1cc(C)c(N2CCN(c3c(C)cc(C)cc3C)C2=C2C=CC=C(C=C3C(Cl)CCCC3(Cl)P(C3CCCCC3)C3CCCCC3)C2)c(C)c1.[Ru]. The smallest absolute Gasteiger partial charge is 0.117 e. The van der Waals surface area contributed by atoms with Gasteiger partial charge in [-0.15, -0.1) is 23.2 Å². The van der Waals surface area contributed by atoms with Crippen LogP contribution in [0.1, 0.15) is 123 Å². The van der Waals surface area contributed by atoms with Crippen molar-refractivity contribution in [3.05, 3.63) is 104 Å². The molecule has 4 fully saturated rings. The molecule has 0 radical (unpaired) electrons. The standard InChI is InChI=1S/C46H61Cl2N2P.Ru/c1-31-25-33(3)43(34(4)26-31)49-23-24-50(44-35(5)27-32(2)28-36(44)6)45(49)38-16-13-15-37(29-38)30-41-42(47)21-14-22-46(41,48)51(39-17-9-7-10-18-39)40-19-11-8-12-20-40;/h13,15-16,25-28,30,39-40,42H,7-12,14,17-24,29H2,1-6H3;. The van der Waals surface area contributed by atoms with E-state index in [4.69, 9.17) is 23.2 Å². The van der Waals surface area contributed by atoms with Gasteiger partial charge in [-0.05, 0) is 137 Å². The molecule has 5 aliphatic rings. The molecule has 282 valence electrons. The van der Waals surface area contributed by atoms with Crippen LogP contribution in [0.4, 0.5) is 11.4 Å². The molecule has 2 atom stereocenters. The van der Waals surface area contributed by atoms with Gasteiger partial charge in [-0.3, -0.25) is 0 Å². The molecule has 0 aromatic heterocycles. The van der Waals surface area contributed by atoms with E-state index in [1.807, 2.05) is 0 Å². The predicted molar refractivity (Wildman–Crippen MR) is 226 cm³/mol. The first-order valence-electron chi connectivity index (χ1n) is 20.2. The number of hydrogen-bond acceptors (Lipinski definition) is 2. The molecule has 0 spiro atoms. The fraction of sp³-hybridized carbons (Fsp3) is 0.565. The molecule has 6 heteroatoms. The minimum absolute atomic E-state index is 0. The van der Waals surface area contributed by atoms with Crippen molar-refractivity contribution in [2.75, 3.05) is 22.9 Å². The molecule has 1 aliphatic heterocycles. The molecule has 3 saturated carbocycles. The van der Waals surface area contributed by atoms with Crippen molar-refractivity contribution in [2.45, 2.75) is 153 Å². The summed E-state index contributed by atoms with van der Waals surface area (Å²) in [6.07, 6.45) is 27.5. The zero-order valence-electron chi connectivity index (χ0n) is 32.6. The van der Waals surface area contributed by atoms with Crippen molar-refractivity contribution >= 4 is 42.5 Å². The maximum Gasteiger partial charge on any atom is 0.117 e. The van der Waals surface area contributed by atoms with Crippen LogP contribution >= 0.6 is 31.1 Å². The van der Waals surface area contributed by atoms with E-state index >= 15 is 0 Å². The first kappa shape index (κ1) is 40.3. The molecule has 2 nitrogen and oxygen atoms in total. The molecule has 0 N–H and O–H groups in total. The Kier molecular flexibility index (Phi) is 13.3. The topological polar surface area (TPSA) is 6.48 Å². The number of benzene rings is 2. The van der Waals surface area contributed by atoms with E-state index in [0.29, 0.717) is 0 Å². The number of nitrogens with zero attached hydrogens (tertiary/aromatic N) is 2. The average molecular weight is 845 g/mol. The summed E-state index contributed by atoms with van der Waals surface area (Å²) in [5.41, 5.74) is 16.4. The Hall–Kier alpha value is -1.37. The maximum atomic E-state index is 8.26. The molecule has 52 heavy (non-hydrogen) atoms. The number of rotatable bonds is 6. The number of aryl methyl sites for hydroxylation is 6. The van der Waals surface area contributed by atoms with Crippen molar-refractivity contribution in [2.24, 2.45) is 0 Å². The second-order valence-corrected chi connectivity index (χ2v) is 21.1. The Morgan fingerprint density at radius 1 is 0.692 bits per heavy atom. The summed E-state index contributed by atoms with van der Waals surface area (Å²) in [4.78, 5) is 5.25. The minimum Gasteiger partial charge on any atom is -0.325 e. The average Bonchev–Trinajstić information content (AvgIpc) is 3.50. The van der Waals surface area contributed by atoms with Gasteiger partial charge in [-0.25, -0.2) is 0 Å². The fourth-order valence-corrected chi connectivity index (χ4v) is 17.0. The number of alkyl halides is 2. The zero-order chi connectivity index (χ0) is 35.9. The molecule has 7 rings (SSSR count). The summed E-state index contributed by atoms with van der Waals surface area (Å²) < 4.78 is -0.281. The van der Waals surface area contributed by atoms with E-state index in [1.165, 1.54) is 132 Å². The molecule has 1 saturated heterocycles. The van der Waals surface area contributed by atoms with E-state index in [0.717, 1.165) is 50.1 Å². The Labute approximate surface area is 340 Å². The van der Waals surface area contributed by atoms with Gasteiger partial charge >= 0.3 is 0 Å². The summed E-state index contributed by atoms with van der Waals surface area (Å²) in [7, 11) is -0.366. The third kappa shape index (κ3) is 8.11. The molecule has 4 aliphatic carbocycles. The van der Waals surface area contributed by atoms with Gasteiger partial charge < -0.3 is 9.80 Å². The van der Waals surface area contributed by atoms with Crippen LogP contribution in [0, 0.1) is 41.5 Å². The summed E-state index contributed by atoms with van der Waals surface area (Å²) in [6, 6.07) is 9.40. The van der Waals surface area contributed by atoms with Crippen molar-refractivity contribution in [3.8, 4) is 0 Å². The Morgan fingerprint density at radius 2 is 1.17 bits per heavy atom. The minimum atomic E-state index is -0.366. The summed E-state index contributed by atoms with van der Waals surface area (Å²) >= 11 is 15.7. The van der Waals surface area contributed by atoms with Gasteiger partial charge in [0.2, 0.25) is 0 Å². The molecule has 1 heterocycles. The van der Waals surface area contributed by atoms with E-state index in [1.54, 1.807) is 0 Å². The first-order valence-corrected chi connectivity index (χ1v) is 22.5. The third-order valence-electron chi connectivity index (χ3n) is 12.6. The second kappa shape index (κ2) is 17.2. The number of hydrogen-bond donors (Lipinski definition) is 0. The molecule has 2 aromatic rings. The van der Waals surface area contributed by atoms with Gasteiger partial charge in [0.25, 0.3) is 0 Å². The summed E-state index contributed by atoms with van der Waals surface area (Å²) in [6.45, 7) is 15.5. The summed E-state index contributed by atoms with van der Waals surface area (Å²) in [5.74, 6) is 1.33. The summed E-state index contributed by atoms with van der Waals surface area (Å²) in [5, 5.41) is 0.0199.